The number of anilines is 1. The number of fused-ring (bicyclic) bond motifs is 5. The molecule has 1 aromatic carbocycles. The van der Waals surface area contributed by atoms with Gasteiger partial charge in [0.1, 0.15) is 17.8 Å². The highest BCUT2D eigenvalue weighted by molar-refractivity contribution is 7.85. The average Bonchev–Trinajstić information content (AvgIpc) is 2.92. The van der Waals surface area contributed by atoms with Crippen LogP contribution >= 0.6 is 0 Å². The fraction of sp³-hybridized carbons (Fsp3) is 0.412. The number of para-hydroxylation sites is 1. The molecule has 23 heavy (non-hydrogen) atoms. The molecule has 2 unspecified atom stereocenters. The number of aromatic amines is 1. The Morgan fingerprint density at radius 2 is 1.91 bits per heavy atom. The Kier molecular flexibility index (Phi) is 2.95. The van der Waals surface area contributed by atoms with E-state index in [0.717, 1.165) is 47.0 Å². The Hall–Kier alpha value is -1.95. The molecule has 2 atom stereocenters. The topological polar surface area (TPSA) is 61.9 Å². The van der Waals surface area contributed by atoms with Gasteiger partial charge < -0.3 is 9.88 Å². The van der Waals surface area contributed by atoms with Gasteiger partial charge in [0.2, 0.25) is 0 Å². The molecular weight excluding hydrogens is 308 g/mol. The van der Waals surface area contributed by atoms with Gasteiger partial charge in [0.15, 0.2) is 0 Å². The van der Waals surface area contributed by atoms with E-state index in [9.17, 15) is 4.21 Å². The molecule has 2 saturated heterocycles. The van der Waals surface area contributed by atoms with Crippen molar-refractivity contribution in [2.45, 2.75) is 6.42 Å². The number of benzene rings is 1. The summed E-state index contributed by atoms with van der Waals surface area (Å²) in [4.78, 5) is 14.8. The second-order valence-electron chi connectivity index (χ2n) is 6.74. The van der Waals surface area contributed by atoms with Crippen molar-refractivity contribution in [1.82, 2.24) is 15.0 Å². The van der Waals surface area contributed by atoms with Crippen LogP contribution in [0.2, 0.25) is 0 Å². The number of piperidine rings is 1. The summed E-state index contributed by atoms with van der Waals surface area (Å²) >= 11 is 0. The lowest BCUT2D eigenvalue weighted by molar-refractivity contribution is 0.347. The van der Waals surface area contributed by atoms with Crippen LogP contribution in [-0.4, -0.2) is 43.8 Å². The lowest BCUT2D eigenvalue weighted by Crippen LogP contribution is -2.47. The zero-order valence-electron chi connectivity index (χ0n) is 12.7. The maximum Gasteiger partial charge on any atom is 0.143 e. The molecule has 0 aliphatic carbocycles. The average molecular weight is 326 g/mol. The van der Waals surface area contributed by atoms with Gasteiger partial charge in [-0.25, -0.2) is 9.97 Å². The van der Waals surface area contributed by atoms with Crippen molar-refractivity contribution in [1.29, 1.82) is 0 Å². The van der Waals surface area contributed by atoms with Gasteiger partial charge in [0.25, 0.3) is 0 Å². The van der Waals surface area contributed by atoms with E-state index in [2.05, 4.69) is 38.1 Å². The van der Waals surface area contributed by atoms with Crippen LogP contribution in [0.3, 0.4) is 0 Å². The zero-order valence-corrected chi connectivity index (χ0v) is 13.6. The summed E-state index contributed by atoms with van der Waals surface area (Å²) in [6.07, 6.45) is 2.86. The summed E-state index contributed by atoms with van der Waals surface area (Å²) in [5.41, 5.74) is 2.00. The van der Waals surface area contributed by atoms with E-state index in [1.165, 1.54) is 11.8 Å². The summed E-state index contributed by atoms with van der Waals surface area (Å²) in [6.45, 7) is 1.90. The van der Waals surface area contributed by atoms with Crippen LogP contribution in [0.15, 0.2) is 30.6 Å². The molecule has 2 bridgehead atoms. The van der Waals surface area contributed by atoms with Crippen molar-refractivity contribution in [2.75, 3.05) is 29.5 Å². The molecule has 2 aliphatic rings. The maximum atomic E-state index is 11.9. The van der Waals surface area contributed by atoms with Crippen LogP contribution in [-0.2, 0) is 10.8 Å². The first-order valence-electron chi connectivity index (χ1n) is 8.09. The van der Waals surface area contributed by atoms with Gasteiger partial charge in [0.05, 0.1) is 5.39 Å². The largest absolute Gasteiger partial charge is 0.355 e. The number of H-pyrrole nitrogens is 1. The van der Waals surface area contributed by atoms with Crippen LogP contribution in [0.4, 0.5) is 5.82 Å². The molecule has 1 N–H and O–H groups in total. The molecule has 2 fully saturated rings. The fourth-order valence-corrected chi connectivity index (χ4v) is 5.89. The third kappa shape index (κ3) is 2.16. The summed E-state index contributed by atoms with van der Waals surface area (Å²) < 4.78 is 11.9. The van der Waals surface area contributed by atoms with Crippen molar-refractivity contribution >= 4 is 38.6 Å². The van der Waals surface area contributed by atoms with Crippen molar-refractivity contribution in [3.8, 4) is 0 Å². The van der Waals surface area contributed by atoms with E-state index in [1.807, 2.05) is 6.07 Å². The minimum atomic E-state index is -0.628. The summed E-state index contributed by atoms with van der Waals surface area (Å²) in [5, 5.41) is 2.29. The van der Waals surface area contributed by atoms with Crippen molar-refractivity contribution < 1.29 is 4.21 Å². The Bertz CT molecular complexity index is 905. The van der Waals surface area contributed by atoms with E-state index in [4.69, 9.17) is 0 Å². The first kappa shape index (κ1) is 13.5. The van der Waals surface area contributed by atoms with E-state index in [0.29, 0.717) is 11.8 Å². The van der Waals surface area contributed by atoms with Crippen LogP contribution in [0.1, 0.15) is 6.42 Å². The molecule has 2 aromatic heterocycles. The van der Waals surface area contributed by atoms with Gasteiger partial charge in [-0.05, 0) is 24.3 Å². The quantitative estimate of drug-likeness (QED) is 0.745. The number of aromatic nitrogens is 3. The first-order chi connectivity index (χ1) is 11.3. The summed E-state index contributed by atoms with van der Waals surface area (Å²) in [5.74, 6) is 3.76. The normalized spacial score (nSPS) is 27.7. The van der Waals surface area contributed by atoms with E-state index in [-0.39, 0.29) is 0 Å². The molecule has 4 heterocycles. The van der Waals surface area contributed by atoms with Crippen molar-refractivity contribution in [2.24, 2.45) is 11.8 Å². The van der Waals surface area contributed by atoms with Crippen LogP contribution in [0, 0.1) is 11.8 Å². The standard InChI is InChI=1S/C17H18N4OS/c22-23-8-11-5-12(9-23)7-21(6-11)17-15-13-3-1-2-4-14(13)20-16(15)18-10-19-17/h1-4,10-12H,5-9H2,(H,18,19,20). The van der Waals surface area contributed by atoms with Gasteiger partial charge >= 0.3 is 0 Å². The molecule has 6 heteroatoms. The first-order valence-corrected chi connectivity index (χ1v) is 9.58. The minimum Gasteiger partial charge on any atom is -0.355 e. The molecule has 5 rings (SSSR count). The van der Waals surface area contributed by atoms with Gasteiger partial charge in [-0.15, -0.1) is 0 Å². The smallest absolute Gasteiger partial charge is 0.143 e. The molecule has 2 aliphatic heterocycles. The van der Waals surface area contributed by atoms with Crippen molar-refractivity contribution in [3.63, 3.8) is 0 Å². The third-order valence-corrected chi connectivity index (χ3v) is 6.73. The molecule has 5 nitrogen and oxygen atoms in total. The Labute approximate surface area is 136 Å². The molecule has 118 valence electrons. The Morgan fingerprint density at radius 1 is 1.13 bits per heavy atom. The highest BCUT2D eigenvalue weighted by Crippen LogP contribution is 2.35. The van der Waals surface area contributed by atoms with Gasteiger partial charge in [-0.3, -0.25) is 4.21 Å². The summed E-state index contributed by atoms with van der Waals surface area (Å²) in [7, 11) is -0.628. The van der Waals surface area contributed by atoms with Crippen LogP contribution in [0.25, 0.3) is 21.9 Å². The Morgan fingerprint density at radius 3 is 2.74 bits per heavy atom. The van der Waals surface area contributed by atoms with Crippen LogP contribution in [0.5, 0.6) is 0 Å². The SMILES string of the molecule is O=S1CC2CC(CN(c3ncnc4[nH]c5ccccc5c34)C2)C1. The van der Waals surface area contributed by atoms with E-state index in [1.54, 1.807) is 6.33 Å². The third-order valence-electron chi connectivity index (χ3n) is 5.04. The highest BCUT2D eigenvalue weighted by Gasteiger charge is 2.35. The second-order valence-corrected chi connectivity index (χ2v) is 8.28. The highest BCUT2D eigenvalue weighted by atomic mass is 32.2. The summed E-state index contributed by atoms with van der Waals surface area (Å²) in [6, 6.07) is 8.29. The van der Waals surface area contributed by atoms with Crippen LogP contribution < -0.4 is 4.90 Å². The number of nitrogens with one attached hydrogen (secondary N) is 1. The van der Waals surface area contributed by atoms with Crippen molar-refractivity contribution in [3.05, 3.63) is 30.6 Å². The molecule has 0 amide bonds. The monoisotopic (exact) mass is 326 g/mol. The molecular formula is C17H18N4OS. The number of hydrogen-bond donors (Lipinski definition) is 1. The number of nitrogens with zero attached hydrogens (tertiary/aromatic N) is 3. The molecule has 0 saturated carbocycles. The van der Waals surface area contributed by atoms with Gasteiger partial charge in [-0.2, -0.15) is 0 Å². The Balaban J connectivity index is 1.64. The molecule has 0 spiro atoms. The lowest BCUT2D eigenvalue weighted by atomic mass is 9.91. The fourth-order valence-electron chi connectivity index (χ4n) is 4.22. The van der Waals surface area contributed by atoms with E-state index < -0.39 is 10.8 Å². The molecule has 3 aromatic rings. The van der Waals surface area contributed by atoms with E-state index >= 15 is 0 Å². The maximum absolute atomic E-state index is 11.9. The predicted molar refractivity (Wildman–Crippen MR) is 93.1 cm³/mol. The van der Waals surface area contributed by atoms with Gasteiger partial charge in [-0.1, -0.05) is 18.2 Å². The predicted octanol–water partition coefficient (Wildman–Crippen LogP) is 2.32. The lowest BCUT2D eigenvalue weighted by Gasteiger charge is -2.41. The van der Waals surface area contributed by atoms with Gasteiger partial charge in [0, 0.05) is 46.3 Å². The minimum absolute atomic E-state index is 0.526. The number of hydrogen-bond acceptors (Lipinski definition) is 4. The zero-order chi connectivity index (χ0) is 15.4. The number of rotatable bonds is 1. The molecule has 0 radical (unpaired) electrons. The second kappa shape index (κ2) is 5.03.